The Morgan fingerprint density at radius 3 is 2.23 bits per heavy atom. The molecule has 3 aromatic rings. The number of hydrogen-bond donors (Lipinski definition) is 1. The van der Waals surface area contributed by atoms with Gasteiger partial charge in [0.05, 0.1) is 5.69 Å². The molecule has 0 aliphatic carbocycles. The van der Waals surface area contributed by atoms with Gasteiger partial charge in [0.15, 0.2) is 0 Å². The van der Waals surface area contributed by atoms with Gasteiger partial charge < -0.3 is 5.32 Å². The summed E-state index contributed by atoms with van der Waals surface area (Å²) in [5.74, 6) is -0.720. The van der Waals surface area contributed by atoms with Gasteiger partial charge in [0.1, 0.15) is 10.6 Å². The zero-order valence-electron chi connectivity index (χ0n) is 16.5. The second-order valence-corrected chi connectivity index (χ2v) is 8.43. The van der Waals surface area contributed by atoms with Crippen molar-refractivity contribution in [1.29, 1.82) is 0 Å². The Morgan fingerprint density at radius 1 is 0.833 bits per heavy atom. The van der Waals surface area contributed by atoms with E-state index in [0.717, 1.165) is 21.7 Å². The van der Waals surface area contributed by atoms with Crippen LogP contribution >= 0.6 is 23.4 Å². The van der Waals surface area contributed by atoms with Gasteiger partial charge in [0, 0.05) is 15.6 Å². The van der Waals surface area contributed by atoms with Crippen molar-refractivity contribution in [3.63, 3.8) is 0 Å². The largest absolute Gasteiger partial charge is 0.350 e. The molecule has 0 saturated carbocycles. The number of aryl methyl sites for hydroxylation is 1. The molecular weight excluding hydrogens is 416 g/mol. The highest BCUT2D eigenvalue weighted by molar-refractivity contribution is 8.04. The van der Waals surface area contributed by atoms with Crippen LogP contribution in [0.5, 0.6) is 0 Å². The van der Waals surface area contributed by atoms with Crippen molar-refractivity contribution in [1.82, 2.24) is 0 Å². The molecule has 150 valence electrons. The number of anilines is 2. The zero-order valence-corrected chi connectivity index (χ0v) is 18.1. The molecule has 0 radical (unpaired) electrons. The van der Waals surface area contributed by atoms with Gasteiger partial charge in [0.2, 0.25) is 0 Å². The molecule has 0 atom stereocenters. The summed E-state index contributed by atoms with van der Waals surface area (Å²) in [5.41, 5.74) is 3.75. The monoisotopic (exact) mass is 434 g/mol. The minimum Gasteiger partial charge on any atom is -0.350 e. The van der Waals surface area contributed by atoms with Crippen LogP contribution in [-0.4, -0.2) is 11.8 Å². The maximum Gasteiger partial charge on any atom is 0.283 e. The Morgan fingerprint density at radius 2 is 1.53 bits per heavy atom. The Labute approximate surface area is 184 Å². The number of amides is 2. The first-order valence-electron chi connectivity index (χ1n) is 9.40. The number of carbonyl (C=O) groups is 2. The van der Waals surface area contributed by atoms with E-state index in [9.17, 15) is 9.59 Å². The van der Waals surface area contributed by atoms with Crippen LogP contribution in [0.4, 0.5) is 11.4 Å². The third-order valence-electron chi connectivity index (χ3n) is 4.95. The Hall–Kier alpha value is -3.02. The molecule has 0 aromatic heterocycles. The third kappa shape index (κ3) is 3.86. The highest BCUT2D eigenvalue weighted by Crippen LogP contribution is 2.38. The van der Waals surface area contributed by atoms with Crippen molar-refractivity contribution in [2.24, 2.45) is 0 Å². The number of thioether (sulfide) groups is 1. The topological polar surface area (TPSA) is 49.4 Å². The summed E-state index contributed by atoms with van der Waals surface area (Å²) in [7, 11) is 0. The van der Waals surface area contributed by atoms with Crippen molar-refractivity contribution in [2.75, 3.05) is 10.2 Å². The summed E-state index contributed by atoms with van der Waals surface area (Å²) in [6.07, 6.45) is 0. The molecule has 4 nitrogen and oxygen atoms in total. The lowest BCUT2D eigenvalue weighted by Gasteiger charge is -2.15. The maximum atomic E-state index is 13.3. The van der Waals surface area contributed by atoms with E-state index in [0.29, 0.717) is 15.6 Å². The summed E-state index contributed by atoms with van der Waals surface area (Å²) in [5, 5.41) is 3.85. The number of hydrogen-bond acceptors (Lipinski definition) is 4. The molecule has 0 bridgehead atoms. The zero-order chi connectivity index (χ0) is 21.3. The molecule has 30 heavy (non-hydrogen) atoms. The predicted molar refractivity (Wildman–Crippen MR) is 123 cm³/mol. The van der Waals surface area contributed by atoms with Crippen LogP contribution in [0, 0.1) is 13.8 Å². The van der Waals surface area contributed by atoms with E-state index in [4.69, 9.17) is 11.6 Å². The lowest BCUT2D eigenvalue weighted by molar-refractivity contribution is -0.120. The number of rotatable bonds is 5. The molecule has 0 spiro atoms. The average Bonchev–Trinajstić information content (AvgIpc) is 2.97. The van der Waals surface area contributed by atoms with Gasteiger partial charge >= 0.3 is 0 Å². The van der Waals surface area contributed by atoms with Gasteiger partial charge in [-0.1, -0.05) is 53.7 Å². The van der Waals surface area contributed by atoms with E-state index < -0.39 is 0 Å². The minimum atomic E-state index is -0.372. The van der Waals surface area contributed by atoms with E-state index >= 15 is 0 Å². The molecule has 2 amide bonds. The summed E-state index contributed by atoms with van der Waals surface area (Å²) < 4.78 is 0. The van der Waals surface area contributed by atoms with E-state index in [1.807, 2.05) is 50.2 Å². The van der Waals surface area contributed by atoms with Crippen LogP contribution in [0.25, 0.3) is 0 Å². The molecule has 0 unspecified atom stereocenters. The molecule has 1 aliphatic rings. The van der Waals surface area contributed by atoms with Crippen LogP contribution in [-0.2, 0) is 9.59 Å². The van der Waals surface area contributed by atoms with Crippen LogP contribution in [0.3, 0.4) is 0 Å². The predicted octanol–water partition coefficient (Wildman–Crippen LogP) is 5.95. The molecule has 3 aromatic carbocycles. The quantitative estimate of drug-likeness (QED) is 0.504. The summed E-state index contributed by atoms with van der Waals surface area (Å²) in [6.45, 7) is 4.00. The lowest BCUT2D eigenvalue weighted by Crippen LogP contribution is -2.32. The minimum absolute atomic E-state index is 0.275. The summed E-state index contributed by atoms with van der Waals surface area (Å²) in [6, 6.07) is 22.0. The average molecular weight is 435 g/mol. The van der Waals surface area contributed by atoms with Gasteiger partial charge in [-0.05, 0) is 67.4 Å². The number of halogens is 1. The van der Waals surface area contributed by atoms with Crippen molar-refractivity contribution < 1.29 is 9.59 Å². The number of nitrogens with one attached hydrogen (secondary N) is 1. The number of para-hydroxylation sites is 1. The fourth-order valence-corrected chi connectivity index (χ4v) is 4.22. The number of nitrogens with zero attached hydrogens (tertiary/aromatic N) is 1. The maximum absolute atomic E-state index is 13.3. The molecular formula is C24H19ClN2O2S. The summed E-state index contributed by atoms with van der Waals surface area (Å²) >= 11 is 7.24. The molecule has 4 rings (SSSR count). The van der Waals surface area contributed by atoms with Crippen LogP contribution in [0.15, 0.2) is 88.3 Å². The van der Waals surface area contributed by atoms with Gasteiger partial charge in [-0.3, -0.25) is 9.59 Å². The van der Waals surface area contributed by atoms with Gasteiger partial charge in [-0.15, -0.1) is 0 Å². The van der Waals surface area contributed by atoms with E-state index in [2.05, 4.69) is 5.32 Å². The fourth-order valence-electron chi connectivity index (χ4n) is 3.17. The van der Waals surface area contributed by atoms with E-state index in [-0.39, 0.29) is 17.5 Å². The van der Waals surface area contributed by atoms with Crippen molar-refractivity contribution in [3.8, 4) is 0 Å². The van der Waals surface area contributed by atoms with Gasteiger partial charge in [0.25, 0.3) is 11.8 Å². The fraction of sp³-hybridized carbons (Fsp3) is 0.0833. The number of carbonyl (C=O) groups excluding carboxylic acids is 2. The van der Waals surface area contributed by atoms with Crippen LogP contribution in [0.2, 0.25) is 5.02 Å². The molecule has 6 heteroatoms. The van der Waals surface area contributed by atoms with Crippen LogP contribution < -0.4 is 10.2 Å². The second-order valence-electron chi connectivity index (χ2n) is 6.91. The van der Waals surface area contributed by atoms with E-state index in [1.54, 1.807) is 36.4 Å². The van der Waals surface area contributed by atoms with Crippen LogP contribution in [0.1, 0.15) is 11.1 Å². The molecule has 0 saturated heterocycles. The molecule has 0 fully saturated rings. The molecule has 1 N–H and O–H groups in total. The lowest BCUT2D eigenvalue weighted by atomic mass is 10.1. The summed E-state index contributed by atoms with van der Waals surface area (Å²) in [4.78, 5) is 29.0. The molecule has 1 heterocycles. The molecule has 1 aliphatic heterocycles. The van der Waals surface area contributed by atoms with Gasteiger partial charge in [-0.25, -0.2) is 4.90 Å². The number of imide groups is 1. The van der Waals surface area contributed by atoms with Crippen molar-refractivity contribution >= 4 is 46.6 Å². The standard InChI is InChI=1S/C24H19ClN2O2S/c1-15-7-6-10-20(16(15)2)26-21-22(30-19-13-11-17(25)12-14-19)24(29)27(23(21)28)18-8-4-3-5-9-18/h3-14,26H,1-2H3. The van der Waals surface area contributed by atoms with E-state index in [1.165, 1.54) is 16.7 Å². The smallest absolute Gasteiger partial charge is 0.283 e. The van der Waals surface area contributed by atoms with Gasteiger partial charge in [-0.2, -0.15) is 0 Å². The highest BCUT2D eigenvalue weighted by Gasteiger charge is 2.40. The highest BCUT2D eigenvalue weighted by atomic mass is 35.5. The first-order chi connectivity index (χ1) is 14.5. The Balaban J connectivity index is 1.77. The second kappa shape index (κ2) is 8.38. The first-order valence-corrected chi connectivity index (χ1v) is 10.6. The SMILES string of the molecule is Cc1cccc(NC2=C(Sc3ccc(Cl)cc3)C(=O)N(c3ccccc3)C2=O)c1C. The van der Waals surface area contributed by atoms with Crippen molar-refractivity contribution in [3.05, 3.63) is 99.5 Å². The Bertz CT molecular complexity index is 1160. The third-order valence-corrected chi connectivity index (χ3v) is 6.30. The first kappa shape index (κ1) is 20.3. The van der Waals surface area contributed by atoms with Crippen molar-refractivity contribution in [2.45, 2.75) is 18.7 Å². The normalized spacial score (nSPS) is 13.9. The Kier molecular flexibility index (Phi) is 5.66. The number of benzene rings is 3.